The lowest BCUT2D eigenvalue weighted by molar-refractivity contribution is 0.390. The van der Waals surface area contributed by atoms with Gasteiger partial charge in [-0.15, -0.1) is 24.0 Å². The highest BCUT2D eigenvalue weighted by Gasteiger charge is 2.07. The summed E-state index contributed by atoms with van der Waals surface area (Å²) in [6, 6.07) is 12.3. The molecule has 0 atom stereocenters. The van der Waals surface area contributed by atoms with Crippen LogP contribution >= 0.6 is 24.0 Å². The van der Waals surface area contributed by atoms with E-state index in [0.29, 0.717) is 6.54 Å². The molecule has 0 aliphatic rings. The number of nitrogens with zero attached hydrogens (tertiary/aromatic N) is 1. The van der Waals surface area contributed by atoms with Crippen LogP contribution in [0.4, 0.5) is 0 Å². The van der Waals surface area contributed by atoms with Crippen molar-refractivity contribution in [2.45, 2.75) is 26.9 Å². The third-order valence-corrected chi connectivity index (χ3v) is 4.11. The molecule has 0 radical (unpaired) electrons. The molecule has 0 saturated carbocycles. The van der Waals surface area contributed by atoms with E-state index >= 15 is 0 Å². The summed E-state index contributed by atoms with van der Waals surface area (Å²) >= 11 is 0. The fraction of sp³-hybridized carbons (Fsp3) is 0.350. The van der Waals surface area contributed by atoms with Crippen molar-refractivity contribution in [3.63, 3.8) is 0 Å². The van der Waals surface area contributed by atoms with Crippen molar-refractivity contribution in [3.05, 3.63) is 58.7 Å². The Morgan fingerprint density at radius 2 is 1.58 bits per heavy atom. The van der Waals surface area contributed by atoms with E-state index in [2.05, 4.69) is 47.7 Å². The van der Waals surface area contributed by atoms with Crippen molar-refractivity contribution < 1.29 is 9.47 Å². The second-order valence-electron chi connectivity index (χ2n) is 5.89. The van der Waals surface area contributed by atoms with Crippen LogP contribution in [0.5, 0.6) is 11.5 Å². The quantitative estimate of drug-likeness (QED) is 0.384. The minimum Gasteiger partial charge on any atom is -0.497 e. The van der Waals surface area contributed by atoms with E-state index in [1.54, 1.807) is 21.3 Å². The molecule has 2 N–H and O–H groups in total. The zero-order chi connectivity index (χ0) is 18.2. The Hall–Kier alpha value is -1.96. The number of methoxy groups -OCH3 is 2. The number of nitrogens with one attached hydrogen (secondary N) is 2. The van der Waals surface area contributed by atoms with Crippen molar-refractivity contribution in [2.75, 3.05) is 21.3 Å². The van der Waals surface area contributed by atoms with Crippen LogP contribution in [0.25, 0.3) is 0 Å². The Morgan fingerprint density at radius 1 is 0.923 bits per heavy atom. The lowest BCUT2D eigenvalue weighted by atomic mass is 10.1. The highest BCUT2D eigenvalue weighted by Crippen LogP contribution is 2.24. The number of aryl methyl sites for hydroxylation is 2. The van der Waals surface area contributed by atoms with E-state index in [1.807, 2.05) is 18.2 Å². The second kappa shape index (κ2) is 10.9. The van der Waals surface area contributed by atoms with Crippen LogP contribution in [0.3, 0.4) is 0 Å². The van der Waals surface area contributed by atoms with Gasteiger partial charge in [0.2, 0.25) is 0 Å². The van der Waals surface area contributed by atoms with Gasteiger partial charge in [0, 0.05) is 31.8 Å². The third-order valence-electron chi connectivity index (χ3n) is 4.11. The van der Waals surface area contributed by atoms with E-state index in [-0.39, 0.29) is 24.0 Å². The van der Waals surface area contributed by atoms with Crippen LogP contribution in [-0.4, -0.2) is 27.2 Å². The van der Waals surface area contributed by atoms with Crippen LogP contribution in [0.2, 0.25) is 0 Å². The van der Waals surface area contributed by atoms with Crippen LogP contribution in [0.15, 0.2) is 41.4 Å². The van der Waals surface area contributed by atoms with Gasteiger partial charge in [0.15, 0.2) is 5.96 Å². The van der Waals surface area contributed by atoms with Crippen LogP contribution < -0.4 is 20.1 Å². The zero-order valence-electron chi connectivity index (χ0n) is 16.1. The molecule has 2 aromatic rings. The first-order chi connectivity index (χ1) is 12.1. The Labute approximate surface area is 173 Å². The molecular weight excluding hydrogens is 441 g/mol. The topological polar surface area (TPSA) is 54.9 Å². The van der Waals surface area contributed by atoms with Gasteiger partial charge in [0.25, 0.3) is 0 Å². The molecule has 2 rings (SSSR count). The number of guanidine groups is 1. The van der Waals surface area contributed by atoms with Crippen LogP contribution in [0, 0.1) is 13.8 Å². The molecule has 0 fully saturated rings. The molecule has 26 heavy (non-hydrogen) atoms. The molecule has 0 aromatic heterocycles. The Kier molecular flexibility index (Phi) is 9.26. The average Bonchev–Trinajstić information content (AvgIpc) is 2.63. The maximum atomic E-state index is 5.43. The minimum absolute atomic E-state index is 0. The highest BCUT2D eigenvalue weighted by atomic mass is 127. The zero-order valence-corrected chi connectivity index (χ0v) is 18.4. The second-order valence-corrected chi connectivity index (χ2v) is 5.89. The van der Waals surface area contributed by atoms with Gasteiger partial charge < -0.3 is 20.1 Å². The Bertz CT molecular complexity index is 748. The van der Waals surface area contributed by atoms with Crippen molar-refractivity contribution in [3.8, 4) is 11.5 Å². The number of ether oxygens (including phenoxy) is 2. The number of hydrogen-bond donors (Lipinski definition) is 2. The first-order valence-electron chi connectivity index (χ1n) is 8.29. The third kappa shape index (κ3) is 6.09. The lowest BCUT2D eigenvalue weighted by Crippen LogP contribution is -2.36. The molecule has 2 aromatic carbocycles. The molecule has 0 unspecified atom stereocenters. The predicted octanol–water partition coefficient (Wildman–Crippen LogP) is 3.80. The Morgan fingerprint density at radius 3 is 2.15 bits per heavy atom. The molecule has 5 nitrogen and oxygen atoms in total. The standard InChI is InChI=1S/C20H27N3O2.HI/c1-14-6-7-16(15(2)10-14)12-22-20(21-3)23-13-17-8-9-18(24-4)11-19(17)25-5;/h6-11H,12-13H2,1-5H3,(H2,21,22,23);1H. The maximum absolute atomic E-state index is 5.43. The van der Waals surface area contributed by atoms with Gasteiger partial charge in [-0.2, -0.15) is 0 Å². The first kappa shape index (κ1) is 22.1. The molecule has 142 valence electrons. The van der Waals surface area contributed by atoms with E-state index < -0.39 is 0 Å². The highest BCUT2D eigenvalue weighted by molar-refractivity contribution is 14.0. The summed E-state index contributed by atoms with van der Waals surface area (Å²) in [5, 5.41) is 6.67. The summed E-state index contributed by atoms with van der Waals surface area (Å²) < 4.78 is 10.7. The predicted molar refractivity (Wildman–Crippen MR) is 118 cm³/mol. The van der Waals surface area contributed by atoms with E-state index in [0.717, 1.165) is 29.6 Å². The molecule has 0 heterocycles. The minimum atomic E-state index is 0. The molecule has 0 aliphatic heterocycles. The summed E-state index contributed by atoms with van der Waals surface area (Å²) in [6.07, 6.45) is 0. The molecule has 0 aliphatic carbocycles. The summed E-state index contributed by atoms with van der Waals surface area (Å²) in [6.45, 7) is 5.57. The van der Waals surface area contributed by atoms with Crippen molar-refractivity contribution >= 4 is 29.9 Å². The van der Waals surface area contributed by atoms with Gasteiger partial charge in [-0.25, -0.2) is 0 Å². The maximum Gasteiger partial charge on any atom is 0.191 e. The summed E-state index contributed by atoms with van der Waals surface area (Å²) in [4.78, 5) is 4.28. The summed E-state index contributed by atoms with van der Waals surface area (Å²) in [5.41, 5.74) is 4.85. The van der Waals surface area contributed by atoms with Gasteiger partial charge >= 0.3 is 0 Å². The van der Waals surface area contributed by atoms with Gasteiger partial charge in [-0.05, 0) is 37.1 Å². The van der Waals surface area contributed by atoms with Gasteiger partial charge in [0.05, 0.1) is 14.2 Å². The van der Waals surface area contributed by atoms with Gasteiger partial charge in [-0.3, -0.25) is 4.99 Å². The normalized spacial score (nSPS) is 10.7. The molecule has 0 saturated heterocycles. The van der Waals surface area contributed by atoms with Crippen molar-refractivity contribution in [1.82, 2.24) is 10.6 Å². The first-order valence-corrected chi connectivity index (χ1v) is 8.29. The molecule has 0 bridgehead atoms. The molecular formula is C20H28IN3O2. The molecule has 0 spiro atoms. The van der Waals surface area contributed by atoms with E-state index in [4.69, 9.17) is 9.47 Å². The average molecular weight is 469 g/mol. The number of rotatable bonds is 6. The number of halogens is 1. The van der Waals surface area contributed by atoms with Crippen LogP contribution in [0.1, 0.15) is 22.3 Å². The number of aliphatic imine (C=N–C) groups is 1. The Balaban J connectivity index is 0.00000338. The SMILES string of the molecule is CN=C(NCc1ccc(C)cc1C)NCc1ccc(OC)cc1OC.I. The smallest absolute Gasteiger partial charge is 0.191 e. The van der Waals surface area contributed by atoms with Crippen molar-refractivity contribution in [2.24, 2.45) is 4.99 Å². The summed E-state index contributed by atoms with van der Waals surface area (Å²) in [7, 11) is 5.07. The van der Waals surface area contributed by atoms with Gasteiger partial charge in [-0.1, -0.05) is 23.8 Å². The fourth-order valence-electron chi connectivity index (χ4n) is 2.62. The lowest BCUT2D eigenvalue weighted by Gasteiger charge is -2.15. The van der Waals surface area contributed by atoms with Gasteiger partial charge in [0.1, 0.15) is 11.5 Å². The van der Waals surface area contributed by atoms with Crippen molar-refractivity contribution in [1.29, 1.82) is 0 Å². The largest absolute Gasteiger partial charge is 0.497 e. The number of hydrogen-bond acceptors (Lipinski definition) is 3. The van der Waals surface area contributed by atoms with E-state index in [9.17, 15) is 0 Å². The molecule has 6 heteroatoms. The monoisotopic (exact) mass is 469 g/mol. The summed E-state index contributed by atoms with van der Waals surface area (Å²) in [5.74, 6) is 2.31. The van der Waals surface area contributed by atoms with Crippen LogP contribution in [-0.2, 0) is 13.1 Å². The number of benzene rings is 2. The molecule has 0 amide bonds. The fourth-order valence-corrected chi connectivity index (χ4v) is 2.62. The van der Waals surface area contributed by atoms with E-state index in [1.165, 1.54) is 16.7 Å².